The standard InChI is InChI=1S/C16H15F4N/c1-2-21-15(7-10-3-5-11(17)6-4-10)16-13(19)8-12(18)9-14(16)20/h3-6,8-9,15,21H,2,7H2,1H3. The average Bonchev–Trinajstić information content (AvgIpc) is 2.40. The van der Waals surface area contributed by atoms with E-state index in [1.165, 1.54) is 12.1 Å². The smallest absolute Gasteiger partial charge is 0.133 e. The Kier molecular flexibility index (Phi) is 4.96. The van der Waals surface area contributed by atoms with Crippen LogP contribution in [0.25, 0.3) is 0 Å². The number of likely N-dealkylation sites (N-methyl/N-ethyl adjacent to an activating group) is 1. The SMILES string of the molecule is CCNC(Cc1ccc(F)cc1)c1c(F)cc(F)cc1F. The van der Waals surface area contributed by atoms with Gasteiger partial charge in [0.1, 0.15) is 23.3 Å². The highest BCUT2D eigenvalue weighted by Crippen LogP contribution is 2.25. The van der Waals surface area contributed by atoms with Crippen LogP contribution in [0.5, 0.6) is 0 Å². The normalized spacial score (nSPS) is 12.4. The molecule has 0 amide bonds. The molecule has 2 aromatic rings. The van der Waals surface area contributed by atoms with Crippen LogP contribution in [-0.2, 0) is 6.42 Å². The van der Waals surface area contributed by atoms with Crippen LogP contribution in [-0.4, -0.2) is 6.54 Å². The first-order chi connectivity index (χ1) is 10.0. The van der Waals surface area contributed by atoms with Crippen LogP contribution < -0.4 is 5.32 Å². The molecule has 2 rings (SSSR count). The average molecular weight is 297 g/mol. The summed E-state index contributed by atoms with van der Waals surface area (Å²) in [5.41, 5.74) is 0.521. The van der Waals surface area contributed by atoms with Gasteiger partial charge in [-0.25, -0.2) is 17.6 Å². The lowest BCUT2D eigenvalue weighted by molar-refractivity contribution is 0.462. The quantitative estimate of drug-likeness (QED) is 0.818. The third kappa shape index (κ3) is 3.82. The first kappa shape index (κ1) is 15.5. The van der Waals surface area contributed by atoms with Gasteiger partial charge in [-0.05, 0) is 30.7 Å². The Labute approximate surface area is 120 Å². The van der Waals surface area contributed by atoms with Crippen molar-refractivity contribution in [3.05, 3.63) is 70.8 Å². The van der Waals surface area contributed by atoms with Crippen LogP contribution in [0.3, 0.4) is 0 Å². The fraction of sp³-hybridized carbons (Fsp3) is 0.250. The molecule has 0 bridgehead atoms. The Hall–Kier alpha value is -1.88. The van der Waals surface area contributed by atoms with Crippen molar-refractivity contribution in [2.75, 3.05) is 6.54 Å². The first-order valence-electron chi connectivity index (χ1n) is 6.63. The molecule has 0 radical (unpaired) electrons. The van der Waals surface area contributed by atoms with Gasteiger partial charge in [0.25, 0.3) is 0 Å². The lowest BCUT2D eigenvalue weighted by Crippen LogP contribution is -2.25. The van der Waals surface area contributed by atoms with E-state index >= 15 is 0 Å². The van der Waals surface area contributed by atoms with Gasteiger partial charge in [0, 0.05) is 23.7 Å². The van der Waals surface area contributed by atoms with E-state index in [0.29, 0.717) is 18.7 Å². The molecular weight excluding hydrogens is 282 g/mol. The fourth-order valence-electron chi connectivity index (χ4n) is 2.27. The molecule has 1 atom stereocenters. The van der Waals surface area contributed by atoms with Gasteiger partial charge in [-0.1, -0.05) is 19.1 Å². The minimum atomic E-state index is -0.953. The minimum Gasteiger partial charge on any atom is -0.310 e. The molecule has 5 heteroatoms. The summed E-state index contributed by atoms with van der Waals surface area (Å²) in [6, 6.07) is 6.35. The van der Waals surface area contributed by atoms with E-state index in [2.05, 4.69) is 5.32 Å². The molecule has 1 nitrogen and oxygen atoms in total. The predicted octanol–water partition coefficient (Wildman–Crippen LogP) is 4.14. The number of halogens is 4. The molecular formula is C16H15F4N. The van der Waals surface area contributed by atoms with Gasteiger partial charge in [-0.15, -0.1) is 0 Å². The van der Waals surface area contributed by atoms with E-state index in [-0.39, 0.29) is 17.8 Å². The lowest BCUT2D eigenvalue weighted by atomic mass is 9.97. The van der Waals surface area contributed by atoms with E-state index in [1.807, 2.05) is 0 Å². The molecule has 0 aromatic heterocycles. The Bertz CT molecular complexity index is 587. The monoisotopic (exact) mass is 297 g/mol. The van der Waals surface area contributed by atoms with Crippen molar-refractivity contribution < 1.29 is 17.6 Å². The molecule has 0 aliphatic heterocycles. The van der Waals surface area contributed by atoms with Gasteiger partial charge in [0.2, 0.25) is 0 Å². The van der Waals surface area contributed by atoms with Gasteiger partial charge in [-0.2, -0.15) is 0 Å². The Morgan fingerprint density at radius 1 is 0.905 bits per heavy atom. The van der Waals surface area contributed by atoms with Crippen LogP contribution in [0.2, 0.25) is 0 Å². The second-order valence-corrected chi connectivity index (χ2v) is 4.72. The van der Waals surface area contributed by atoms with E-state index < -0.39 is 23.5 Å². The summed E-state index contributed by atoms with van der Waals surface area (Å²) in [5, 5.41) is 2.97. The second kappa shape index (κ2) is 6.72. The van der Waals surface area contributed by atoms with E-state index in [0.717, 1.165) is 5.56 Å². The van der Waals surface area contributed by atoms with Gasteiger partial charge >= 0.3 is 0 Å². The van der Waals surface area contributed by atoms with Gasteiger partial charge in [0.15, 0.2) is 0 Å². The fourth-order valence-corrected chi connectivity index (χ4v) is 2.27. The largest absolute Gasteiger partial charge is 0.310 e. The molecule has 1 unspecified atom stereocenters. The third-order valence-corrected chi connectivity index (χ3v) is 3.20. The molecule has 0 saturated carbocycles. The summed E-state index contributed by atoms with van der Waals surface area (Å²) in [6.07, 6.45) is 0.271. The Morgan fingerprint density at radius 2 is 1.48 bits per heavy atom. The minimum absolute atomic E-state index is 0.206. The Balaban J connectivity index is 2.33. The summed E-state index contributed by atoms with van der Waals surface area (Å²) < 4.78 is 53.6. The van der Waals surface area contributed by atoms with Crippen LogP contribution in [0.4, 0.5) is 17.6 Å². The maximum absolute atomic E-state index is 13.9. The van der Waals surface area contributed by atoms with Crippen LogP contribution >= 0.6 is 0 Å². The van der Waals surface area contributed by atoms with E-state index in [4.69, 9.17) is 0 Å². The summed E-state index contributed by atoms with van der Waals surface area (Å²) in [5.74, 6) is -3.19. The topological polar surface area (TPSA) is 12.0 Å². The molecule has 1 N–H and O–H groups in total. The summed E-state index contributed by atoms with van der Waals surface area (Å²) in [4.78, 5) is 0. The van der Waals surface area contributed by atoms with Gasteiger partial charge in [0.05, 0.1) is 0 Å². The molecule has 0 aliphatic carbocycles. The summed E-state index contributed by atoms with van der Waals surface area (Å²) in [7, 11) is 0. The molecule has 0 saturated heterocycles. The highest BCUT2D eigenvalue weighted by Gasteiger charge is 2.21. The van der Waals surface area contributed by atoms with Gasteiger partial charge < -0.3 is 5.32 Å². The van der Waals surface area contributed by atoms with Crippen LogP contribution in [0.15, 0.2) is 36.4 Å². The molecule has 0 fully saturated rings. The molecule has 0 aliphatic rings. The van der Waals surface area contributed by atoms with Gasteiger partial charge in [-0.3, -0.25) is 0 Å². The predicted molar refractivity (Wildman–Crippen MR) is 72.8 cm³/mol. The Morgan fingerprint density at radius 3 is 2.00 bits per heavy atom. The van der Waals surface area contributed by atoms with E-state index in [9.17, 15) is 17.6 Å². The first-order valence-corrected chi connectivity index (χ1v) is 6.63. The number of rotatable bonds is 5. The maximum Gasteiger partial charge on any atom is 0.133 e. The third-order valence-electron chi connectivity index (χ3n) is 3.20. The van der Waals surface area contributed by atoms with Crippen molar-refractivity contribution in [3.63, 3.8) is 0 Å². The highest BCUT2D eigenvalue weighted by atomic mass is 19.1. The van der Waals surface area contributed by atoms with Crippen molar-refractivity contribution in [1.29, 1.82) is 0 Å². The summed E-state index contributed by atoms with van der Waals surface area (Å²) in [6.45, 7) is 2.29. The van der Waals surface area contributed by atoms with Crippen molar-refractivity contribution in [1.82, 2.24) is 5.32 Å². The van der Waals surface area contributed by atoms with E-state index in [1.54, 1.807) is 19.1 Å². The van der Waals surface area contributed by atoms with Crippen molar-refractivity contribution >= 4 is 0 Å². The zero-order valence-corrected chi connectivity index (χ0v) is 11.5. The number of hydrogen-bond acceptors (Lipinski definition) is 1. The van der Waals surface area contributed by atoms with Crippen molar-refractivity contribution in [2.45, 2.75) is 19.4 Å². The molecule has 2 aromatic carbocycles. The molecule has 112 valence electrons. The zero-order chi connectivity index (χ0) is 15.4. The second-order valence-electron chi connectivity index (χ2n) is 4.72. The summed E-state index contributed by atoms with van der Waals surface area (Å²) >= 11 is 0. The maximum atomic E-state index is 13.9. The van der Waals surface area contributed by atoms with Crippen LogP contribution in [0.1, 0.15) is 24.1 Å². The number of hydrogen-bond donors (Lipinski definition) is 1. The number of benzene rings is 2. The van der Waals surface area contributed by atoms with Crippen molar-refractivity contribution in [2.24, 2.45) is 0 Å². The zero-order valence-electron chi connectivity index (χ0n) is 11.5. The molecule has 0 spiro atoms. The number of nitrogens with one attached hydrogen (secondary N) is 1. The van der Waals surface area contributed by atoms with Crippen LogP contribution in [0, 0.1) is 23.3 Å². The molecule has 21 heavy (non-hydrogen) atoms. The highest BCUT2D eigenvalue weighted by molar-refractivity contribution is 5.27. The lowest BCUT2D eigenvalue weighted by Gasteiger charge is -2.20. The van der Waals surface area contributed by atoms with Crippen molar-refractivity contribution in [3.8, 4) is 0 Å². The molecule has 0 heterocycles.